The van der Waals surface area contributed by atoms with Gasteiger partial charge in [-0.1, -0.05) is 32.9 Å². The maximum Gasteiger partial charge on any atom is 0.226 e. The van der Waals surface area contributed by atoms with Gasteiger partial charge in [-0.15, -0.1) is 0 Å². The monoisotopic (exact) mass is 254 g/mol. The van der Waals surface area contributed by atoms with Crippen molar-refractivity contribution < 1.29 is 4.42 Å². The topological polar surface area (TPSA) is 49.8 Å². The highest BCUT2D eigenvalue weighted by atomic mass is 16.4. The van der Waals surface area contributed by atoms with Crippen LogP contribution in [-0.4, -0.2) is 4.98 Å². The van der Waals surface area contributed by atoms with Gasteiger partial charge < -0.3 is 4.42 Å². The molecule has 0 amide bonds. The second-order valence-corrected chi connectivity index (χ2v) is 5.68. The van der Waals surface area contributed by atoms with Crippen LogP contribution >= 0.6 is 0 Å². The molecule has 0 N–H and O–H groups in total. The van der Waals surface area contributed by atoms with Crippen molar-refractivity contribution in [3.05, 3.63) is 41.3 Å². The molecule has 0 aliphatic carbocycles. The lowest BCUT2D eigenvalue weighted by molar-refractivity contribution is 0.540. The number of aromatic nitrogens is 1. The molecule has 3 heteroatoms. The number of aryl methyl sites for hydroxylation is 1. The van der Waals surface area contributed by atoms with Crippen LogP contribution in [-0.2, 0) is 11.8 Å². The van der Waals surface area contributed by atoms with Crippen LogP contribution in [0.3, 0.4) is 0 Å². The summed E-state index contributed by atoms with van der Waals surface area (Å²) < 4.78 is 5.62. The molecule has 19 heavy (non-hydrogen) atoms. The van der Waals surface area contributed by atoms with Crippen LogP contribution < -0.4 is 0 Å². The van der Waals surface area contributed by atoms with Crippen molar-refractivity contribution in [1.82, 2.24) is 4.98 Å². The Balaban J connectivity index is 2.33. The molecular formula is C16H18N2O. The lowest BCUT2D eigenvalue weighted by Gasteiger charge is -2.18. The van der Waals surface area contributed by atoms with Crippen LogP contribution in [0.25, 0.3) is 11.5 Å². The largest absolute Gasteiger partial charge is 0.441 e. The van der Waals surface area contributed by atoms with Gasteiger partial charge in [-0.25, -0.2) is 4.98 Å². The van der Waals surface area contributed by atoms with Crippen molar-refractivity contribution in [2.24, 2.45) is 0 Å². The fraction of sp³-hybridized carbons (Fsp3) is 0.375. The smallest absolute Gasteiger partial charge is 0.226 e. The summed E-state index contributed by atoms with van der Waals surface area (Å²) >= 11 is 0. The molecule has 0 aliphatic heterocycles. The Kier molecular flexibility index (Phi) is 3.44. The van der Waals surface area contributed by atoms with Gasteiger partial charge >= 0.3 is 0 Å². The Bertz CT molecular complexity index is 610. The van der Waals surface area contributed by atoms with Gasteiger partial charge in [-0.05, 0) is 30.0 Å². The first-order chi connectivity index (χ1) is 8.91. The van der Waals surface area contributed by atoms with Gasteiger partial charge in [0.05, 0.1) is 18.2 Å². The van der Waals surface area contributed by atoms with E-state index in [1.54, 1.807) is 0 Å². The van der Waals surface area contributed by atoms with E-state index in [9.17, 15) is 0 Å². The van der Waals surface area contributed by atoms with Crippen molar-refractivity contribution in [1.29, 1.82) is 5.26 Å². The third-order valence-electron chi connectivity index (χ3n) is 3.14. The number of hydrogen-bond acceptors (Lipinski definition) is 3. The lowest BCUT2D eigenvalue weighted by atomic mass is 9.87. The number of nitrogens with zero attached hydrogens (tertiary/aromatic N) is 2. The second kappa shape index (κ2) is 4.89. The molecule has 98 valence electrons. The average molecular weight is 254 g/mol. The average Bonchev–Trinajstić information content (AvgIpc) is 2.71. The van der Waals surface area contributed by atoms with E-state index in [-0.39, 0.29) is 11.8 Å². The fourth-order valence-corrected chi connectivity index (χ4v) is 1.90. The van der Waals surface area contributed by atoms with Crippen LogP contribution in [0.4, 0.5) is 0 Å². The van der Waals surface area contributed by atoms with Crippen LogP contribution in [0.2, 0.25) is 0 Å². The summed E-state index contributed by atoms with van der Waals surface area (Å²) in [6.07, 6.45) is 0.287. The van der Waals surface area contributed by atoms with Crippen LogP contribution in [0.1, 0.15) is 37.8 Å². The molecule has 2 aromatic rings. The molecule has 0 saturated carbocycles. The highest BCUT2D eigenvalue weighted by molar-refractivity contribution is 5.54. The number of benzene rings is 1. The van der Waals surface area contributed by atoms with Gasteiger partial charge in [0.15, 0.2) is 0 Å². The van der Waals surface area contributed by atoms with Crippen molar-refractivity contribution in [2.75, 3.05) is 0 Å². The maximum absolute atomic E-state index is 8.72. The molecule has 0 unspecified atom stereocenters. The van der Waals surface area contributed by atoms with Crippen LogP contribution in [0.5, 0.6) is 0 Å². The quantitative estimate of drug-likeness (QED) is 0.813. The summed E-state index contributed by atoms with van der Waals surface area (Å²) in [6, 6.07) is 10.3. The van der Waals surface area contributed by atoms with Gasteiger partial charge in [0.25, 0.3) is 0 Å². The minimum Gasteiger partial charge on any atom is -0.441 e. The third-order valence-corrected chi connectivity index (χ3v) is 3.14. The molecular weight excluding hydrogens is 236 g/mol. The van der Waals surface area contributed by atoms with E-state index < -0.39 is 0 Å². The van der Waals surface area contributed by atoms with Gasteiger partial charge in [-0.3, -0.25) is 0 Å². The van der Waals surface area contributed by atoms with E-state index in [0.29, 0.717) is 5.89 Å². The maximum atomic E-state index is 8.72. The zero-order valence-corrected chi connectivity index (χ0v) is 11.8. The minimum atomic E-state index is 0.136. The molecule has 0 aliphatic rings. The zero-order valence-electron chi connectivity index (χ0n) is 11.8. The van der Waals surface area contributed by atoms with Gasteiger partial charge in [0.1, 0.15) is 5.76 Å². The fourth-order valence-electron chi connectivity index (χ4n) is 1.90. The Labute approximate surface area is 113 Å². The molecule has 0 radical (unpaired) electrons. The van der Waals surface area contributed by atoms with E-state index >= 15 is 0 Å². The standard InChI is InChI=1S/C16H18N2O/c1-11-14(9-10-17)18-15(19-11)12-5-7-13(8-6-12)16(2,3)4/h5-8H,9H2,1-4H3. The summed E-state index contributed by atoms with van der Waals surface area (Å²) in [5.74, 6) is 1.31. The zero-order chi connectivity index (χ0) is 14.0. The summed E-state index contributed by atoms with van der Waals surface area (Å²) in [6.45, 7) is 8.39. The van der Waals surface area contributed by atoms with Crippen molar-refractivity contribution in [3.63, 3.8) is 0 Å². The van der Waals surface area contributed by atoms with Crippen LogP contribution in [0.15, 0.2) is 28.7 Å². The van der Waals surface area contributed by atoms with Gasteiger partial charge in [0, 0.05) is 5.56 Å². The molecule has 2 rings (SSSR count). The van der Waals surface area contributed by atoms with Crippen molar-refractivity contribution >= 4 is 0 Å². The molecule has 0 bridgehead atoms. The highest BCUT2D eigenvalue weighted by Gasteiger charge is 2.15. The Morgan fingerprint density at radius 3 is 2.37 bits per heavy atom. The molecule has 1 aromatic heterocycles. The molecule has 1 heterocycles. The van der Waals surface area contributed by atoms with Gasteiger partial charge in [0.2, 0.25) is 5.89 Å². The first-order valence-electron chi connectivity index (χ1n) is 6.36. The van der Waals surface area contributed by atoms with Crippen molar-refractivity contribution in [2.45, 2.75) is 39.5 Å². The number of oxazole rings is 1. The summed E-state index contributed by atoms with van der Waals surface area (Å²) in [5, 5.41) is 8.72. The molecule has 0 saturated heterocycles. The van der Waals surface area contributed by atoms with E-state index in [2.05, 4.69) is 44.0 Å². The normalized spacial score (nSPS) is 11.3. The molecule has 0 fully saturated rings. The number of nitriles is 1. The van der Waals surface area contributed by atoms with Crippen molar-refractivity contribution in [3.8, 4) is 17.5 Å². The predicted octanol–water partition coefficient (Wildman–Crippen LogP) is 4.01. The predicted molar refractivity (Wildman–Crippen MR) is 74.7 cm³/mol. The molecule has 0 spiro atoms. The Morgan fingerprint density at radius 2 is 1.84 bits per heavy atom. The van der Waals surface area contributed by atoms with Gasteiger partial charge in [-0.2, -0.15) is 5.26 Å². The van der Waals surface area contributed by atoms with Crippen LogP contribution in [0, 0.1) is 18.3 Å². The Hall–Kier alpha value is -2.08. The lowest BCUT2D eigenvalue weighted by Crippen LogP contribution is -2.10. The van der Waals surface area contributed by atoms with E-state index in [0.717, 1.165) is 17.0 Å². The first kappa shape index (κ1) is 13.4. The summed E-state index contributed by atoms with van der Waals surface area (Å²) in [7, 11) is 0. The van der Waals surface area contributed by atoms with E-state index in [1.165, 1.54) is 5.56 Å². The summed E-state index contributed by atoms with van der Waals surface area (Å²) in [4.78, 5) is 4.37. The molecule has 0 atom stereocenters. The summed E-state index contributed by atoms with van der Waals surface area (Å²) in [5.41, 5.74) is 3.08. The Morgan fingerprint density at radius 1 is 1.21 bits per heavy atom. The van der Waals surface area contributed by atoms with E-state index in [1.807, 2.05) is 19.1 Å². The molecule has 1 aromatic carbocycles. The number of hydrogen-bond donors (Lipinski definition) is 0. The number of rotatable bonds is 2. The SMILES string of the molecule is Cc1oc(-c2ccc(C(C)(C)C)cc2)nc1CC#N. The minimum absolute atomic E-state index is 0.136. The van der Waals surface area contributed by atoms with E-state index in [4.69, 9.17) is 9.68 Å². The highest BCUT2D eigenvalue weighted by Crippen LogP contribution is 2.26. The molecule has 3 nitrogen and oxygen atoms in total. The third kappa shape index (κ3) is 2.85. The second-order valence-electron chi connectivity index (χ2n) is 5.68. The first-order valence-corrected chi connectivity index (χ1v) is 6.36.